The molecule has 1 atom stereocenters. The van der Waals surface area contributed by atoms with E-state index in [0.29, 0.717) is 5.92 Å². The highest BCUT2D eigenvalue weighted by molar-refractivity contribution is 6.22. The number of rotatable bonds is 4. The monoisotopic (exact) mass is 574 g/mol. The van der Waals surface area contributed by atoms with Crippen LogP contribution < -0.4 is 0 Å². The molecule has 0 saturated heterocycles. The molecule has 2 aliphatic rings. The lowest BCUT2D eigenvalue weighted by molar-refractivity contribution is 0.732. The molecule has 0 saturated carbocycles. The number of benzene rings is 7. The third-order valence-corrected chi connectivity index (χ3v) is 10.2. The van der Waals surface area contributed by atoms with Crippen molar-refractivity contribution in [3.8, 4) is 33.4 Å². The van der Waals surface area contributed by atoms with E-state index in [1.54, 1.807) is 5.57 Å². The summed E-state index contributed by atoms with van der Waals surface area (Å²) in [7, 11) is 0. The van der Waals surface area contributed by atoms with Gasteiger partial charge in [0, 0.05) is 5.92 Å². The highest BCUT2D eigenvalue weighted by atomic mass is 14.4. The van der Waals surface area contributed by atoms with Gasteiger partial charge in [-0.1, -0.05) is 158 Å². The van der Waals surface area contributed by atoms with Crippen LogP contribution >= 0.6 is 0 Å². The third-order valence-electron chi connectivity index (χ3n) is 10.2. The predicted octanol–water partition coefficient (Wildman–Crippen LogP) is 12.8. The van der Waals surface area contributed by atoms with Crippen LogP contribution in [0.2, 0.25) is 0 Å². The lowest BCUT2D eigenvalue weighted by Gasteiger charge is -2.23. The Morgan fingerprint density at radius 1 is 0.511 bits per heavy atom. The second kappa shape index (κ2) is 10.5. The summed E-state index contributed by atoms with van der Waals surface area (Å²) < 4.78 is 0. The molecule has 9 rings (SSSR count). The molecule has 0 aliphatic heterocycles. The van der Waals surface area contributed by atoms with Gasteiger partial charge < -0.3 is 0 Å². The quantitative estimate of drug-likeness (QED) is 0.183. The van der Waals surface area contributed by atoms with Crippen LogP contribution in [0.4, 0.5) is 0 Å². The van der Waals surface area contributed by atoms with E-state index < -0.39 is 0 Å². The van der Waals surface area contributed by atoms with Gasteiger partial charge in [-0.3, -0.25) is 0 Å². The molecule has 45 heavy (non-hydrogen) atoms. The summed E-state index contributed by atoms with van der Waals surface area (Å²) in [4.78, 5) is 0. The molecule has 0 heterocycles. The van der Waals surface area contributed by atoms with Gasteiger partial charge in [-0.2, -0.15) is 0 Å². The predicted molar refractivity (Wildman–Crippen MR) is 194 cm³/mol. The van der Waals surface area contributed by atoms with Gasteiger partial charge in [0.15, 0.2) is 0 Å². The van der Waals surface area contributed by atoms with Gasteiger partial charge in [-0.25, -0.2) is 0 Å². The highest BCUT2D eigenvalue weighted by Crippen LogP contribution is 2.56. The van der Waals surface area contributed by atoms with Gasteiger partial charge in [-0.15, -0.1) is 0 Å². The maximum absolute atomic E-state index is 2.46. The molecule has 0 spiro atoms. The van der Waals surface area contributed by atoms with Crippen LogP contribution in [0.3, 0.4) is 0 Å². The van der Waals surface area contributed by atoms with Gasteiger partial charge in [0.1, 0.15) is 0 Å². The normalized spacial score (nSPS) is 15.6. The summed E-state index contributed by atoms with van der Waals surface area (Å²) in [6, 6.07) is 49.6. The molecule has 0 nitrogen and oxygen atoms in total. The van der Waals surface area contributed by atoms with E-state index in [1.165, 1.54) is 82.4 Å². The fraction of sp³-hybridized carbons (Fsp3) is 0.111. The fourth-order valence-electron chi connectivity index (χ4n) is 8.42. The summed E-state index contributed by atoms with van der Waals surface area (Å²) >= 11 is 0. The van der Waals surface area contributed by atoms with Crippen molar-refractivity contribution in [3.05, 3.63) is 162 Å². The standard InChI is InChI=1S/C45H34/c1-2-31-33-20-8-9-21-35(33)45-40(34-26-14-18-29-15-6-7-19-32(29)34)27-28-41(44(31)45)43-38-24-12-10-22-36(38)42(30-16-4-3-5-17-30)37-23-11-13-25-39(37)43/h3-7,9-19,21-28,31H,2,8,20H2,1H3. The van der Waals surface area contributed by atoms with Crippen LogP contribution in [-0.4, -0.2) is 0 Å². The molecule has 7 aromatic rings. The van der Waals surface area contributed by atoms with Crippen molar-refractivity contribution in [2.24, 2.45) is 0 Å². The Bertz CT molecular complexity index is 2290. The van der Waals surface area contributed by atoms with Gasteiger partial charge in [0.05, 0.1) is 0 Å². The van der Waals surface area contributed by atoms with E-state index in [9.17, 15) is 0 Å². The van der Waals surface area contributed by atoms with E-state index in [2.05, 4.69) is 153 Å². The van der Waals surface area contributed by atoms with Gasteiger partial charge in [-0.05, 0) is 102 Å². The summed E-state index contributed by atoms with van der Waals surface area (Å²) in [5.74, 6) is 0.413. The molecule has 0 N–H and O–H groups in total. The molecule has 0 amide bonds. The Balaban J connectivity index is 1.42. The molecule has 1 unspecified atom stereocenters. The third kappa shape index (κ3) is 3.92. The Hall–Kier alpha value is -5.20. The van der Waals surface area contributed by atoms with E-state index in [4.69, 9.17) is 0 Å². The second-order valence-corrected chi connectivity index (χ2v) is 12.5. The van der Waals surface area contributed by atoms with Crippen molar-refractivity contribution < 1.29 is 0 Å². The number of hydrogen-bond acceptors (Lipinski definition) is 0. The first-order chi connectivity index (χ1) is 22.3. The summed E-state index contributed by atoms with van der Waals surface area (Å²) in [6.07, 6.45) is 8.19. The molecule has 214 valence electrons. The first-order valence-corrected chi connectivity index (χ1v) is 16.4. The molecule has 2 aliphatic carbocycles. The van der Waals surface area contributed by atoms with Gasteiger partial charge >= 0.3 is 0 Å². The Morgan fingerprint density at radius 3 is 1.82 bits per heavy atom. The molecule has 0 radical (unpaired) electrons. The van der Waals surface area contributed by atoms with Gasteiger partial charge in [0.2, 0.25) is 0 Å². The SMILES string of the molecule is CCC1C2=C(C=CCC2)c2c(-c3cccc4ccccc34)ccc(-c3c4ccccc4c(-c4ccccc4)c4ccccc34)c21. The number of hydrogen-bond donors (Lipinski definition) is 0. The average Bonchev–Trinajstić information content (AvgIpc) is 3.45. The summed E-state index contributed by atoms with van der Waals surface area (Å²) in [5, 5.41) is 7.89. The lowest BCUT2D eigenvalue weighted by atomic mass is 9.79. The molecule has 7 aromatic carbocycles. The minimum Gasteiger partial charge on any atom is -0.0836 e. The molecular formula is C45H34. The minimum atomic E-state index is 0.413. The molecule has 0 aromatic heterocycles. The minimum absolute atomic E-state index is 0.413. The molecule has 0 heteroatoms. The average molecular weight is 575 g/mol. The van der Waals surface area contributed by atoms with Crippen molar-refractivity contribution in [3.63, 3.8) is 0 Å². The first kappa shape index (κ1) is 26.2. The molecule has 0 bridgehead atoms. The molecular weight excluding hydrogens is 540 g/mol. The van der Waals surface area contributed by atoms with Crippen LogP contribution in [0.25, 0.3) is 71.3 Å². The fourth-order valence-corrected chi connectivity index (χ4v) is 8.42. The zero-order chi connectivity index (χ0) is 29.9. The van der Waals surface area contributed by atoms with Crippen molar-refractivity contribution in [2.75, 3.05) is 0 Å². The Labute approximate surface area is 265 Å². The Morgan fingerprint density at radius 2 is 1.11 bits per heavy atom. The maximum Gasteiger partial charge on any atom is 0.00674 e. The van der Waals surface area contributed by atoms with Crippen molar-refractivity contribution in [1.82, 2.24) is 0 Å². The molecule has 0 fully saturated rings. The van der Waals surface area contributed by atoms with E-state index in [-0.39, 0.29) is 0 Å². The van der Waals surface area contributed by atoms with Crippen LogP contribution in [0.15, 0.2) is 151 Å². The Kier molecular flexibility index (Phi) is 6.10. The smallest absolute Gasteiger partial charge is 0.00674 e. The maximum atomic E-state index is 2.46. The summed E-state index contributed by atoms with van der Waals surface area (Å²) in [5.41, 5.74) is 14.1. The topological polar surface area (TPSA) is 0 Å². The summed E-state index contributed by atoms with van der Waals surface area (Å²) in [6.45, 7) is 2.38. The van der Waals surface area contributed by atoms with E-state index >= 15 is 0 Å². The zero-order valence-corrected chi connectivity index (χ0v) is 25.6. The van der Waals surface area contributed by atoms with Crippen LogP contribution in [-0.2, 0) is 0 Å². The number of allylic oxidation sites excluding steroid dienone is 4. The second-order valence-electron chi connectivity index (χ2n) is 12.5. The first-order valence-electron chi connectivity index (χ1n) is 16.4. The van der Waals surface area contributed by atoms with Crippen molar-refractivity contribution in [1.29, 1.82) is 0 Å². The van der Waals surface area contributed by atoms with Crippen molar-refractivity contribution in [2.45, 2.75) is 32.1 Å². The van der Waals surface area contributed by atoms with E-state index in [1.807, 2.05) is 0 Å². The largest absolute Gasteiger partial charge is 0.0836 e. The lowest BCUT2D eigenvalue weighted by Crippen LogP contribution is -2.02. The highest BCUT2D eigenvalue weighted by Gasteiger charge is 2.35. The van der Waals surface area contributed by atoms with Crippen molar-refractivity contribution >= 4 is 37.9 Å². The van der Waals surface area contributed by atoms with Gasteiger partial charge in [0.25, 0.3) is 0 Å². The van der Waals surface area contributed by atoms with Crippen LogP contribution in [0.5, 0.6) is 0 Å². The number of fused-ring (bicyclic) bond motifs is 5. The van der Waals surface area contributed by atoms with E-state index in [0.717, 1.165) is 19.3 Å². The van der Waals surface area contributed by atoms with Crippen LogP contribution in [0.1, 0.15) is 43.2 Å². The van der Waals surface area contributed by atoms with Crippen LogP contribution in [0, 0.1) is 0 Å². The zero-order valence-electron chi connectivity index (χ0n) is 25.6.